The maximum Gasteiger partial charge on any atom is 0.137 e. The number of H-pyrrole nitrogens is 1. The summed E-state index contributed by atoms with van der Waals surface area (Å²) in [5.41, 5.74) is 0.966. The second-order valence-corrected chi connectivity index (χ2v) is 3.79. The largest absolute Gasteiger partial charge is 0.348 e. The number of aromatic amines is 1. The summed E-state index contributed by atoms with van der Waals surface area (Å²) in [6.45, 7) is 0. The average Bonchev–Trinajstić information content (AvgIpc) is 2.46. The van der Waals surface area contributed by atoms with Crippen LogP contribution in [0.15, 0.2) is 24.4 Å². The molecule has 0 fully saturated rings. The van der Waals surface area contributed by atoms with E-state index in [-0.39, 0.29) is 0 Å². The Bertz CT molecular complexity index is 336. The molecule has 0 bridgehead atoms. The summed E-state index contributed by atoms with van der Waals surface area (Å²) in [6, 6.07) is 6.10. The third-order valence-electron chi connectivity index (χ3n) is 1.53. The highest BCUT2D eigenvalue weighted by atomic mass is 29.1. The van der Waals surface area contributed by atoms with Gasteiger partial charge >= 0.3 is 0 Å². The second-order valence-electron chi connectivity index (χ2n) is 2.25. The van der Waals surface area contributed by atoms with Crippen molar-refractivity contribution in [3.8, 4) is 0 Å². The lowest BCUT2D eigenvalue weighted by Crippen LogP contribution is -2.14. The molecule has 51 valence electrons. The highest BCUT2D eigenvalue weighted by Gasteiger charge is 1.97. The van der Waals surface area contributed by atoms with E-state index in [9.17, 15) is 0 Å². The molecule has 0 atom stereocenters. The first-order valence-corrected chi connectivity index (χ1v) is 5.76. The quantitative estimate of drug-likeness (QED) is 0.603. The van der Waals surface area contributed by atoms with E-state index in [4.69, 9.17) is 0 Å². The summed E-state index contributed by atoms with van der Waals surface area (Å²) in [7, 11) is 4.07. The third-order valence-corrected chi connectivity index (χ3v) is 2.87. The molecule has 2 aromatic heterocycles. The fourth-order valence-electron chi connectivity index (χ4n) is 1.03. The van der Waals surface area contributed by atoms with E-state index < -0.39 is 0 Å². The highest BCUT2D eigenvalue weighted by Crippen LogP contribution is 2.04. The molecule has 2 rings (SSSR count). The molecule has 11 heavy (non-hydrogen) atoms. The monoisotopic (exact) mass is 173 g/mol. The van der Waals surface area contributed by atoms with Crippen molar-refractivity contribution in [3.63, 3.8) is 0 Å². The van der Waals surface area contributed by atoms with E-state index >= 15 is 0 Å². The van der Waals surface area contributed by atoms with Gasteiger partial charge in [0.2, 0.25) is 0 Å². The number of hydrogen-bond acceptors (Lipinski definition) is 1. The SMILES string of the molecule is [Si][Si]c1cc2cccnc2[nH]1. The highest BCUT2D eigenvalue weighted by molar-refractivity contribution is 6.97. The van der Waals surface area contributed by atoms with Crippen LogP contribution in [-0.2, 0) is 0 Å². The molecule has 0 saturated carbocycles. The van der Waals surface area contributed by atoms with E-state index in [1.165, 1.54) is 10.7 Å². The van der Waals surface area contributed by atoms with Crippen LogP contribution < -0.4 is 5.32 Å². The van der Waals surface area contributed by atoms with Gasteiger partial charge in [-0.15, -0.1) is 0 Å². The van der Waals surface area contributed by atoms with Crippen LogP contribution in [0.3, 0.4) is 0 Å². The fourth-order valence-corrected chi connectivity index (χ4v) is 1.84. The van der Waals surface area contributed by atoms with Gasteiger partial charge in [0.15, 0.2) is 0 Å². The summed E-state index contributed by atoms with van der Waals surface area (Å²) in [4.78, 5) is 7.37. The van der Waals surface area contributed by atoms with Gasteiger partial charge in [-0.25, -0.2) is 4.98 Å². The van der Waals surface area contributed by atoms with Gasteiger partial charge in [0.05, 0.1) is 9.04 Å². The first-order chi connectivity index (χ1) is 5.40. The number of hydrogen-bond donors (Lipinski definition) is 1. The van der Waals surface area contributed by atoms with Gasteiger partial charge in [-0.2, -0.15) is 0 Å². The molecule has 0 unspecified atom stereocenters. The molecule has 1 N–H and O–H groups in total. The zero-order valence-electron chi connectivity index (χ0n) is 5.76. The van der Waals surface area contributed by atoms with Crippen LogP contribution in [0.4, 0.5) is 0 Å². The molecule has 0 saturated heterocycles. The number of nitrogens with zero attached hydrogens (tertiary/aromatic N) is 1. The lowest BCUT2D eigenvalue weighted by atomic mass is 10.3. The normalized spacial score (nSPS) is 10.6. The molecule has 4 heteroatoms. The van der Waals surface area contributed by atoms with Gasteiger partial charge < -0.3 is 4.98 Å². The van der Waals surface area contributed by atoms with Gasteiger partial charge in [0.25, 0.3) is 0 Å². The van der Waals surface area contributed by atoms with Crippen molar-refractivity contribution in [1.29, 1.82) is 0 Å². The van der Waals surface area contributed by atoms with Crippen LogP contribution >= 0.6 is 0 Å². The summed E-state index contributed by atoms with van der Waals surface area (Å²) >= 11 is 0. The number of nitrogens with one attached hydrogen (secondary N) is 1. The van der Waals surface area contributed by atoms with E-state index in [1.807, 2.05) is 6.07 Å². The molecule has 2 nitrogen and oxygen atoms in total. The summed E-state index contributed by atoms with van der Waals surface area (Å²) < 4.78 is 0. The van der Waals surface area contributed by atoms with Gasteiger partial charge in [-0.3, -0.25) is 0 Å². The van der Waals surface area contributed by atoms with Crippen LogP contribution in [-0.4, -0.2) is 28.8 Å². The van der Waals surface area contributed by atoms with Gasteiger partial charge in [-0.1, -0.05) is 0 Å². The standard InChI is InChI=1S/C7H5N2Si2/c10-11-6-4-5-2-1-3-8-7(5)9-6/h1-4H,(H,8,9). The van der Waals surface area contributed by atoms with Crippen molar-refractivity contribution in [2.24, 2.45) is 0 Å². The van der Waals surface area contributed by atoms with Crippen LogP contribution in [0.5, 0.6) is 0 Å². The van der Waals surface area contributed by atoms with Crippen molar-refractivity contribution in [1.82, 2.24) is 9.97 Å². The van der Waals surface area contributed by atoms with Crippen molar-refractivity contribution in [2.45, 2.75) is 0 Å². The Kier molecular flexibility index (Phi) is 1.63. The second kappa shape index (κ2) is 2.63. The van der Waals surface area contributed by atoms with E-state index in [0.717, 1.165) is 5.65 Å². The molecule has 0 aliphatic heterocycles. The predicted octanol–water partition coefficient (Wildman–Crippen LogP) is -0.0241. The first kappa shape index (κ1) is 6.81. The van der Waals surface area contributed by atoms with Crippen LogP contribution in [0.2, 0.25) is 0 Å². The minimum atomic E-state index is 0.623. The molecule has 0 amide bonds. The maximum atomic E-state index is 4.18. The van der Waals surface area contributed by atoms with E-state index in [1.54, 1.807) is 6.20 Å². The van der Waals surface area contributed by atoms with E-state index in [2.05, 4.69) is 31.9 Å². The smallest absolute Gasteiger partial charge is 0.137 e. The first-order valence-electron chi connectivity index (χ1n) is 3.26. The molecule has 0 aromatic carbocycles. The Morgan fingerprint density at radius 1 is 1.55 bits per heavy atom. The lowest BCUT2D eigenvalue weighted by Gasteiger charge is -1.83. The van der Waals surface area contributed by atoms with Gasteiger partial charge in [-0.05, 0) is 23.5 Å². The Morgan fingerprint density at radius 2 is 2.45 bits per heavy atom. The molecular formula is C7H5N2Si2. The maximum absolute atomic E-state index is 4.18. The van der Waals surface area contributed by atoms with Crippen molar-refractivity contribution in [2.75, 3.05) is 0 Å². The zero-order chi connectivity index (χ0) is 7.68. The molecule has 0 spiro atoms. The summed E-state index contributed by atoms with van der Waals surface area (Å²) in [5.74, 6) is 0. The lowest BCUT2D eigenvalue weighted by molar-refractivity contribution is 1.34. The average molecular weight is 173 g/mol. The molecule has 2 aromatic rings. The van der Waals surface area contributed by atoms with Crippen LogP contribution in [0, 0.1) is 0 Å². The molecule has 0 aliphatic carbocycles. The van der Waals surface area contributed by atoms with Crippen LogP contribution in [0.1, 0.15) is 0 Å². The molecule has 0 aliphatic rings. The Balaban J connectivity index is 2.69. The topological polar surface area (TPSA) is 28.7 Å². The Morgan fingerprint density at radius 3 is 3.18 bits per heavy atom. The number of pyridine rings is 1. The Hall–Kier alpha value is -0.876. The van der Waals surface area contributed by atoms with Crippen LogP contribution in [0.25, 0.3) is 11.0 Å². The number of fused-ring (bicyclic) bond motifs is 1. The summed E-state index contributed by atoms with van der Waals surface area (Å²) in [6.07, 6.45) is 1.79. The molecular weight excluding hydrogens is 168 g/mol. The molecule has 5 radical (unpaired) electrons. The molecule has 2 heterocycles. The minimum absolute atomic E-state index is 0.623. The summed E-state index contributed by atoms with van der Waals surface area (Å²) in [5, 5.41) is 2.36. The minimum Gasteiger partial charge on any atom is -0.348 e. The Labute approximate surface area is 70.1 Å². The van der Waals surface area contributed by atoms with Crippen molar-refractivity contribution in [3.05, 3.63) is 24.4 Å². The van der Waals surface area contributed by atoms with E-state index in [0.29, 0.717) is 9.04 Å². The number of rotatable bonds is 1. The van der Waals surface area contributed by atoms with Gasteiger partial charge in [0.1, 0.15) is 5.65 Å². The van der Waals surface area contributed by atoms with Crippen molar-refractivity contribution < 1.29 is 0 Å². The van der Waals surface area contributed by atoms with Gasteiger partial charge in [0, 0.05) is 21.3 Å². The van der Waals surface area contributed by atoms with Crippen molar-refractivity contribution >= 4 is 35.1 Å². The predicted molar refractivity (Wildman–Crippen MR) is 47.2 cm³/mol. The number of aromatic nitrogens is 2. The zero-order valence-corrected chi connectivity index (χ0v) is 7.76. The third kappa shape index (κ3) is 1.14. The fraction of sp³-hybridized carbons (Fsp3) is 0.